The van der Waals surface area contributed by atoms with Gasteiger partial charge >= 0.3 is 0 Å². The highest BCUT2D eigenvalue weighted by Gasteiger charge is 2.07. The van der Waals surface area contributed by atoms with Gasteiger partial charge in [-0.3, -0.25) is 4.79 Å². The molecule has 84 valence electrons. The van der Waals surface area contributed by atoms with Gasteiger partial charge in [-0.15, -0.1) is 0 Å². The van der Waals surface area contributed by atoms with E-state index in [9.17, 15) is 9.90 Å². The Morgan fingerprint density at radius 2 is 1.82 bits per heavy atom. The third kappa shape index (κ3) is 2.26. The monoisotopic (exact) mass is 224 g/mol. The van der Waals surface area contributed by atoms with Crippen molar-refractivity contribution in [1.82, 2.24) is 0 Å². The Morgan fingerprint density at radius 1 is 1.12 bits per heavy atom. The zero-order chi connectivity index (χ0) is 12.3. The third-order valence-corrected chi connectivity index (χ3v) is 2.55. The second-order valence-corrected chi connectivity index (χ2v) is 3.67. The molecule has 0 saturated heterocycles. The summed E-state index contributed by atoms with van der Waals surface area (Å²) < 4.78 is 0. The summed E-state index contributed by atoms with van der Waals surface area (Å²) in [6.45, 7) is 3.42. The van der Waals surface area contributed by atoms with Gasteiger partial charge in [0.2, 0.25) is 0 Å². The lowest BCUT2D eigenvalue weighted by atomic mass is 10.0. The summed E-state index contributed by atoms with van der Waals surface area (Å²) in [5, 5.41) is 9.90. The Bertz CT molecular complexity index is 556. The topological polar surface area (TPSA) is 37.3 Å². The molecular weight excluding hydrogens is 212 g/mol. The van der Waals surface area contributed by atoms with Crippen molar-refractivity contribution in [2.24, 2.45) is 0 Å². The van der Waals surface area contributed by atoms with Crippen LogP contribution < -0.4 is 0 Å². The molecule has 0 spiro atoms. The average molecular weight is 224 g/mol. The van der Waals surface area contributed by atoms with Gasteiger partial charge in [-0.05, 0) is 23.8 Å². The fourth-order valence-corrected chi connectivity index (χ4v) is 1.66. The highest BCUT2D eigenvalue weighted by atomic mass is 16.3. The summed E-state index contributed by atoms with van der Waals surface area (Å²) in [6.07, 6.45) is 1.23. The number of hydrogen-bond donors (Lipinski definition) is 1. The molecule has 2 heteroatoms. The Balaban J connectivity index is 2.46. The van der Waals surface area contributed by atoms with E-state index in [1.807, 2.05) is 30.3 Å². The first-order valence-corrected chi connectivity index (χ1v) is 5.27. The van der Waals surface area contributed by atoms with Gasteiger partial charge in [0.05, 0.1) is 0 Å². The molecule has 0 bridgehead atoms. The number of phenols is 1. The minimum atomic E-state index is -0.195. The van der Waals surface area contributed by atoms with Gasteiger partial charge in [0.1, 0.15) is 5.75 Å². The van der Waals surface area contributed by atoms with Gasteiger partial charge in [-0.25, -0.2) is 0 Å². The largest absolute Gasteiger partial charge is 0.507 e. The minimum absolute atomic E-state index is 0.101. The van der Waals surface area contributed by atoms with Crippen molar-refractivity contribution in [3.63, 3.8) is 0 Å². The lowest BCUT2D eigenvalue weighted by Crippen LogP contribution is -1.93. The van der Waals surface area contributed by atoms with Crippen LogP contribution in [0.1, 0.15) is 10.4 Å². The van der Waals surface area contributed by atoms with Crippen LogP contribution in [0.3, 0.4) is 0 Å². The highest BCUT2D eigenvalue weighted by molar-refractivity contribution is 6.04. The van der Waals surface area contributed by atoms with E-state index in [0.717, 1.165) is 5.56 Å². The van der Waals surface area contributed by atoms with E-state index in [4.69, 9.17) is 0 Å². The van der Waals surface area contributed by atoms with Crippen molar-refractivity contribution in [3.8, 4) is 16.9 Å². The first-order valence-electron chi connectivity index (χ1n) is 5.27. The molecule has 2 aromatic carbocycles. The maximum absolute atomic E-state index is 11.4. The number of benzene rings is 2. The fourth-order valence-electron chi connectivity index (χ4n) is 1.66. The minimum Gasteiger partial charge on any atom is -0.507 e. The van der Waals surface area contributed by atoms with E-state index in [0.29, 0.717) is 11.1 Å². The van der Waals surface area contributed by atoms with Gasteiger partial charge < -0.3 is 5.11 Å². The van der Waals surface area contributed by atoms with Crippen molar-refractivity contribution in [2.75, 3.05) is 0 Å². The maximum atomic E-state index is 11.4. The van der Waals surface area contributed by atoms with Crippen LogP contribution in [0.25, 0.3) is 11.1 Å². The quantitative estimate of drug-likeness (QED) is 0.640. The van der Waals surface area contributed by atoms with Crippen molar-refractivity contribution >= 4 is 5.78 Å². The van der Waals surface area contributed by atoms with Crippen LogP contribution in [-0.4, -0.2) is 10.9 Å². The lowest BCUT2D eigenvalue weighted by molar-refractivity contribution is 0.104. The molecule has 0 atom stereocenters. The van der Waals surface area contributed by atoms with E-state index >= 15 is 0 Å². The number of ketones is 1. The first-order chi connectivity index (χ1) is 8.22. The fraction of sp³-hybridized carbons (Fsp3) is 0. The molecule has 2 aromatic rings. The first kappa shape index (κ1) is 11.1. The van der Waals surface area contributed by atoms with Crippen LogP contribution in [0.5, 0.6) is 5.75 Å². The molecule has 2 rings (SSSR count). The van der Waals surface area contributed by atoms with E-state index < -0.39 is 0 Å². The molecule has 0 unspecified atom stereocenters. The van der Waals surface area contributed by atoms with E-state index in [2.05, 4.69) is 6.58 Å². The predicted molar refractivity (Wildman–Crippen MR) is 68.1 cm³/mol. The van der Waals surface area contributed by atoms with Gasteiger partial charge in [-0.2, -0.15) is 0 Å². The molecule has 0 aromatic heterocycles. The van der Waals surface area contributed by atoms with Crippen molar-refractivity contribution in [3.05, 3.63) is 66.7 Å². The van der Waals surface area contributed by atoms with Crippen LogP contribution in [-0.2, 0) is 0 Å². The predicted octanol–water partition coefficient (Wildman–Crippen LogP) is 3.43. The normalized spacial score (nSPS) is 9.88. The van der Waals surface area contributed by atoms with E-state index in [-0.39, 0.29) is 11.5 Å². The second-order valence-electron chi connectivity index (χ2n) is 3.67. The second kappa shape index (κ2) is 4.66. The molecular formula is C15H12O2. The average Bonchev–Trinajstić information content (AvgIpc) is 2.38. The van der Waals surface area contributed by atoms with Crippen LogP contribution in [0.2, 0.25) is 0 Å². The number of phenolic OH excluding ortho intramolecular Hbond substituents is 1. The summed E-state index contributed by atoms with van der Waals surface area (Å²) in [5.41, 5.74) is 2.07. The summed E-state index contributed by atoms with van der Waals surface area (Å²) in [7, 11) is 0. The van der Waals surface area contributed by atoms with Gasteiger partial charge in [-0.1, -0.05) is 43.0 Å². The summed E-state index contributed by atoms with van der Waals surface area (Å²) in [6, 6.07) is 14.4. The zero-order valence-corrected chi connectivity index (χ0v) is 9.26. The number of allylic oxidation sites excluding steroid dienone is 1. The molecule has 0 fully saturated rings. The molecule has 0 saturated carbocycles. The van der Waals surface area contributed by atoms with E-state index in [1.165, 1.54) is 12.1 Å². The summed E-state index contributed by atoms with van der Waals surface area (Å²) in [4.78, 5) is 11.4. The van der Waals surface area contributed by atoms with Crippen LogP contribution in [0.15, 0.2) is 61.2 Å². The third-order valence-electron chi connectivity index (χ3n) is 2.55. The van der Waals surface area contributed by atoms with Crippen LogP contribution in [0, 0.1) is 0 Å². The van der Waals surface area contributed by atoms with Gasteiger partial charge in [0.15, 0.2) is 5.78 Å². The molecule has 0 heterocycles. The molecule has 2 nitrogen and oxygen atoms in total. The van der Waals surface area contributed by atoms with Crippen molar-refractivity contribution in [2.45, 2.75) is 0 Å². The van der Waals surface area contributed by atoms with Crippen LogP contribution >= 0.6 is 0 Å². The molecule has 0 aliphatic carbocycles. The summed E-state index contributed by atoms with van der Waals surface area (Å²) in [5.74, 6) is -0.0937. The Labute approximate surface area is 99.8 Å². The molecule has 0 aliphatic heterocycles. The zero-order valence-electron chi connectivity index (χ0n) is 9.26. The lowest BCUT2D eigenvalue weighted by Gasteiger charge is -2.06. The number of carbonyl (C=O) groups is 1. The Morgan fingerprint density at radius 3 is 2.41 bits per heavy atom. The molecule has 17 heavy (non-hydrogen) atoms. The molecule has 0 radical (unpaired) electrons. The molecule has 0 aliphatic rings. The molecule has 0 amide bonds. The van der Waals surface area contributed by atoms with E-state index in [1.54, 1.807) is 12.1 Å². The smallest absolute Gasteiger partial charge is 0.185 e. The Hall–Kier alpha value is -2.35. The van der Waals surface area contributed by atoms with Gasteiger partial charge in [0, 0.05) is 11.1 Å². The number of aromatic hydroxyl groups is 1. The van der Waals surface area contributed by atoms with Crippen LogP contribution in [0.4, 0.5) is 0 Å². The van der Waals surface area contributed by atoms with Crippen molar-refractivity contribution < 1.29 is 9.90 Å². The molecule has 1 N–H and O–H groups in total. The maximum Gasteiger partial charge on any atom is 0.185 e. The van der Waals surface area contributed by atoms with Gasteiger partial charge in [0.25, 0.3) is 0 Å². The van der Waals surface area contributed by atoms with Crippen molar-refractivity contribution in [1.29, 1.82) is 0 Å². The number of carbonyl (C=O) groups excluding carboxylic acids is 1. The summed E-state index contributed by atoms with van der Waals surface area (Å²) >= 11 is 0. The highest BCUT2D eigenvalue weighted by Crippen LogP contribution is 2.29. The standard InChI is InChI=1S/C15H12O2/c1-2-14(16)12-8-9-13(15(17)10-12)11-6-4-3-5-7-11/h2-10,17H,1H2. The number of rotatable bonds is 3. The SMILES string of the molecule is C=CC(=O)c1ccc(-c2ccccc2)c(O)c1. The number of hydrogen-bond acceptors (Lipinski definition) is 2. The Kier molecular flexibility index (Phi) is 3.06.